The Kier molecular flexibility index (Phi) is 4.33. The van der Waals surface area contributed by atoms with E-state index in [9.17, 15) is 13.2 Å². The molecular formula is C12H15ClN2O4S. The zero-order chi connectivity index (χ0) is 14.9. The first-order valence-corrected chi connectivity index (χ1v) is 7.93. The Morgan fingerprint density at radius 3 is 2.75 bits per heavy atom. The molecule has 1 fully saturated rings. The fourth-order valence-corrected chi connectivity index (χ4v) is 4.20. The van der Waals surface area contributed by atoms with E-state index in [0.29, 0.717) is 13.0 Å². The quantitative estimate of drug-likeness (QED) is 0.870. The molecule has 1 saturated heterocycles. The van der Waals surface area contributed by atoms with E-state index in [1.165, 1.54) is 16.4 Å². The van der Waals surface area contributed by atoms with Crippen LogP contribution in [-0.4, -0.2) is 42.9 Å². The Morgan fingerprint density at radius 2 is 2.15 bits per heavy atom. The van der Waals surface area contributed by atoms with Crippen LogP contribution in [0, 0.1) is 0 Å². The van der Waals surface area contributed by atoms with Crippen LogP contribution in [0.3, 0.4) is 0 Å². The molecule has 0 amide bonds. The summed E-state index contributed by atoms with van der Waals surface area (Å²) in [5.41, 5.74) is 5.67. The minimum atomic E-state index is -3.82. The van der Waals surface area contributed by atoms with Gasteiger partial charge in [0.1, 0.15) is 4.90 Å². The lowest BCUT2D eigenvalue weighted by molar-refractivity contribution is 0.0696. The number of aromatic carboxylic acids is 1. The van der Waals surface area contributed by atoms with Crippen molar-refractivity contribution in [1.82, 2.24) is 4.31 Å². The molecule has 20 heavy (non-hydrogen) atoms. The molecule has 0 radical (unpaired) electrons. The summed E-state index contributed by atoms with van der Waals surface area (Å²) in [4.78, 5) is 10.8. The van der Waals surface area contributed by atoms with E-state index in [4.69, 9.17) is 22.4 Å². The highest BCUT2D eigenvalue weighted by molar-refractivity contribution is 7.89. The maximum absolute atomic E-state index is 12.5. The van der Waals surface area contributed by atoms with Gasteiger partial charge in [-0.1, -0.05) is 11.6 Å². The number of nitrogens with two attached hydrogens (primary N) is 1. The van der Waals surface area contributed by atoms with Gasteiger partial charge in [-0.25, -0.2) is 13.2 Å². The molecule has 1 aliphatic heterocycles. The van der Waals surface area contributed by atoms with Crippen LogP contribution in [0.15, 0.2) is 23.1 Å². The van der Waals surface area contributed by atoms with E-state index in [2.05, 4.69) is 0 Å². The van der Waals surface area contributed by atoms with Crippen LogP contribution >= 0.6 is 11.6 Å². The van der Waals surface area contributed by atoms with Gasteiger partial charge in [0.25, 0.3) is 0 Å². The van der Waals surface area contributed by atoms with E-state index in [1.807, 2.05) is 0 Å². The van der Waals surface area contributed by atoms with Crippen LogP contribution < -0.4 is 5.73 Å². The molecule has 0 bridgehead atoms. The molecule has 1 heterocycles. The van der Waals surface area contributed by atoms with Gasteiger partial charge in [-0.3, -0.25) is 0 Å². The number of rotatable bonds is 3. The fourth-order valence-electron chi connectivity index (χ4n) is 2.17. The number of nitrogens with zero attached hydrogens (tertiary/aromatic N) is 1. The van der Waals surface area contributed by atoms with Crippen molar-refractivity contribution in [3.8, 4) is 0 Å². The Hall–Kier alpha value is -1.15. The molecule has 1 atom stereocenters. The highest BCUT2D eigenvalue weighted by atomic mass is 35.5. The standard InChI is InChI=1S/C12H15ClN2O4S/c13-10-4-3-8(12(16)17)6-11(10)20(18,19)15-5-1-2-9(14)7-15/h3-4,6,9H,1-2,5,7,14H2,(H,16,17). The smallest absolute Gasteiger partial charge is 0.335 e. The number of halogens is 1. The predicted octanol–water partition coefficient (Wildman–Crippen LogP) is 1.15. The number of benzene rings is 1. The molecule has 1 aromatic carbocycles. The lowest BCUT2D eigenvalue weighted by Gasteiger charge is -2.30. The van der Waals surface area contributed by atoms with Crippen molar-refractivity contribution in [2.45, 2.75) is 23.8 Å². The van der Waals surface area contributed by atoms with Crippen LogP contribution in [0.25, 0.3) is 0 Å². The SMILES string of the molecule is NC1CCCN(S(=O)(=O)c2cc(C(=O)O)ccc2Cl)C1. The third kappa shape index (κ3) is 2.95. The van der Waals surface area contributed by atoms with Crippen LogP contribution in [0.2, 0.25) is 5.02 Å². The second-order valence-corrected chi connectivity index (χ2v) is 7.03. The van der Waals surface area contributed by atoms with Crippen LogP contribution in [0.4, 0.5) is 0 Å². The summed E-state index contributed by atoms with van der Waals surface area (Å²) < 4.78 is 26.3. The summed E-state index contributed by atoms with van der Waals surface area (Å²) in [6.07, 6.45) is 1.45. The van der Waals surface area contributed by atoms with E-state index >= 15 is 0 Å². The largest absolute Gasteiger partial charge is 0.478 e. The van der Waals surface area contributed by atoms with Crippen molar-refractivity contribution in [1.29, 1.82) is 0 Å². The van der Waals surface area contributed by atoms with Gasteiger partial charge in [0, 0.05) is 19.1 Å². The molecule has 0 aliphatic carbocycles. The molecule has 1 aromatic rings. The molecule has 0 saturated carbocycles. The number of hydrogen-bond donors (Lipinski definition) is 2. The van der Waals surface area contributed by atoms with Gasteiger partial charge in [0.2, 0.25) is 10.0 Å². The Morgan fingerprint density at radius 1 is 1.45 bits per heavy atom. The maximum Gasteiger partial charge on any atom is 0.335 e. The average Bonchev–Trinajstić information content (AvgIpc) is 2.38. The minimum Gasteiger partial charge on any atom is -0.478 e. The summed E-state index contributed by atoms with van der Waals surface area (Å²) in [5.74, 6) is -1.20. The van der Waals surface area contributed by atoms with Gasteiger partial charge < -0.3 is 10.8 Å². The van der Waals surface area contributed by atoms with Crippen molar-refractivity contribution >= 4 is 27.6 Å². The topological polar surface area (TPSA) is 101 Å². The number of carboxylic acid groups (broad SMARTS) is 1. The molecule has 0 aromatic heterocycles. The van der Waals surface area contributed by atoms with E-state index in [0.717, 1.165) is 12.5 Å². The first-order valence-electron chi connectivity index (χ1n) is 6.11. The predicted molar refractivity (Wildman–Crippen MR) is 74.4 cm³/mol. The van der Waals surface area contributed by atoms with Gasteiger partial charge in [0.05, 0.1) is 10.6 Å². The number of carboxylic acids is 1. The molecule has 1 unspecified atom stereocenters. The van der Waals surface area contributed by atoms with Gasteiger partial charge in [0.15, 0.2) is 0 Å². The minimum absolute atomic E-state index is 0.00847. The molecule has 110 valence electrons. The van der Waals surface area contributed by atoms with E-state index in [-0.39, 0.29) is 28.1 Å². The highest BCUT2D eigenvalue weighted by Gasteiger charge is 2.31. The Balaban J connectivity index is 2.43. The van der Waals surface area contributed by atoms with E-state index < -0.39 is 16.0 Å². The van der Waals surface area contributed by atoms with Gasteiger partial charge in [-0.05, 0) is 31.0 Å². The molecule has 3 N–H and O–H groups in total. The monoisotopic (exact) mass is 318 g/mol. The van der Waals surface area contributed by atoms with Crippen molar-refractivity contribution in [3.05, 3.63) is 28.8 Å². The summed E-state index contributed by atoms with van der Waals surface area (Å²) >= 11 is 5.91. The van der Waals surface area contributed by atoms with Crippen LogP contribution in [0.5, 0.6) is 0 Å². The number of piperidine rings is 1. The van der Waals surface area contributed by atoms with Crippen molar-refractivity contribution < 1.29 is 18.3 Å². The zero-order valence-electron chi connectivity index (χ0n) is 10.6. The lowest BCUT2D eigenvalue weighted by Crippen LogP contribution is -2.45. The van der Waals surface area contributed by atoms with Gasteiger partial charge in [-0.2, -0.15) is 4.31 Å². The maximum atomic E-state index is 12.5. The third-order valence-electron chi connectivity index (χ3n) is 3.22. The lowest BCUT2D eigenvalue weighted by atomic mass is 10.1. The molecule has 2 rings (SSSR count). The Bertz CT molecular complexity index is 632. The fraction of sp³-hybridized carbons (Fsp3) is 0.417. The Labute approximate surface area is 122 Å². The normalized spacial score (nSPS) is 20.8. The summed E-state index contributed by atoms with van der Waals surface area (Å²) in [5, 5.41) is 8.96. The first-order chi connectivity index (χ1) is 9.32. The third-order valence-corrected chi connectivity index (χ3v) is 5.56. The van der Waals surface area contributed by atoms with Crippen molar-refractivity contribution in [2.24, 2.45) is 5.73 Å². The average molecular weight is 319 g/mol. The second kappa shape index (κ2) is 5.69. The number of carbonyl (C=O) groups is 1. The summed E-state index contributed by atoms with van der Waals surface area (Å²) in [6.45, 7) is 0.583. The van der Waals surface area contributed by atoms with Crippen molar-refractivity contribution in [3.63, 3.8) is 0 Å². The van der Waals surface area contributed by atoms with E-state index in [1.54, 1.807) is 0 Å². The summed E-state index contributed by atoms with van der Waals surface area (Å²) in [7, 11) is -3.82. The zero-order valence-corrected chi connectivity index (χ0v) is 12.2. The van der Waals surface area contributed by atoms with Gasteiger partial charge in [-0.15, -0.1) is 0 Å². The molecule has 0 spiro atoms. The van der Waals surface area contributed by atoms with Crippen LogP contribution in [-0.2, 0) is 10.0 Å². The van der Waals surface area contributed by atoms with Gasteiger partial charge >= 0.3 is 5.97 Å². The number of sulfonamides is 1. The molecule has 6 nitrogen and oxygen atoms in total. The van der Waals surface area contributed by atoms with Crippen molar-refractivity contribution in [2.75, 3.05) is 13.1 Å². The summed E-state index contributed by atoms with van der Waals surface area (Å²) in [6, 6.07) is 3.42. The molecular weight excluding hydrogens is 304 g/mol. The highest BCUT2D eigenvalue weighted by Crippen LogP contribution is 2.27. The molecule has 1 aliphatic rings. The number of hydrogen-bond acceptors (Lipinski definition) is 4. The molecule has 8 heteroatoms. The first kappa shape index (κ1) is 15.2. The second-order valence-electron chi connectivity index (χ2n) is 4.72. The van der Waals surface area contributed by atoms with Crippen LogP contribution in [0.1, 0.15) is 23.2 Å².